The van der Waals surface area contributed by atoms with E-state index in [2.05, 4.69) is 26.1 Å². The predicted octanol–water partition coefficient (Wildman–Crippen LogP) is 4.72. The van der Waals surface area contributed by atoms with Gasteiger partial charge in [0.1, 0.15) is 17.7 Å². The predicted molar refractivity (Wildman–Crippen MR) is 108 cm³/mol. The van der Waals surface area contributed by atoms with Crippen LogP contribution in [0.15, 0.2) is 68.9 Å². The van der Waals surface area contributed by atoms with E-state index in [1.807, 2.05) is 24.3 Å². The molecule has 0 atom stereocenters. The monoisotopic (exact) mass is 413 g/mol. The lowest BCUT2D eigenvalue weighted by Crippen LogP contribution is -2.10. The standard InChI is InChI=1S/C20H19N3O3S2/c1-20(2,3)15-4-6-16(7-5-15)27-19-10-17(28(24,25)26)8-9-18(19)23-13-14(11-21)12-22/h4-10,13,23H,1-3H3,(H,24,25,26). The number of rotatable bonds is 5. The summed E-state index contributed by atoms with van der Waals surface area (Å²) in [7, 11) is -4.36. The van der Waals surface area contributed by atoms with Crippen molar-refractivity contribution in [3.63, 3.8) is 0 Å². The highest BCUT2D eigenvalue weighted by Crippen LogP contribution is 2.36. The molecule has 0 aliphatic heterocycles. The summed E-state index contributed by atoms with van der Waals surface area (Å²) < 4.78 is 32.3. The van der Waals surface area contributed by atoms with E-state index >= 15 is 0 Å². The van der Waals surface area contributed by atoms with Crippen molar-refractivity contribution >= 4 is 27.6 Å². The van der Waals surface area contributed by atoms with Crippen LogP contribution in [-0.4, -0.2) is 13.0 Å². The van der Waals surface area contributed by atoms with E-state index in [9.17, 15) is 13.0 Å². The van der Waals surface area contributed by atoms with E-state index in [-0.39, 0.29) is 15.9 Å². The quantitative estimate of drug-likeness (QED) is 0.538. The molecule has 28 heavy (non-hydrogen) atoms. The van der Waals surface area contributed by atoms with Crippen LogP contribution in [0.25, 0.3) is 0 Å². The van der Waals surface area contributed by atoms with Crippen LogP contribution in [0.4, 0.5) is 5.69 Å². The summed E-state index contributed by atoms with van der Waals surface area (Å²) in [6, 6.07) is 15.4. The number of nitrogens with one attached hydrogen (secondary N) is 1. The molecule has 2 rings (SSSR count). The molecule has 0 radical (unpaired) electrons. The Kier molecular flexibility index (Phi) is 6.52. The molecule has 2 N–H and O–H groups in total. The third-order valence-electron chi connectivity index (χ3n) is 3.81. The zero-order valence-corrected chi connectivity index (χ0v) is 17.2. The SMILES string of the molecule is CC(C)(C)c1ccc(Sc2cc(S(=O)(=O)O)ccc2NC=C(C#N)C#N)cc1. The summed E-state index contributed by atoms with van der Waals surface area (Å²) in [5.74, 6) is 0. The third-order valence-corrected chi connectivity index (χ3v) is 5.73. The molecule has 0 saturated heterocycles. The number of hydrogen-bond donors (Lipinski definition) is 2. The Labute approximate surface area is 169 Å². The fourth-order valence-corrected chi connectivity index (χ4v) is 3.79. The van der Waals surface area contributed by atoms with Crippen molar-refractivity contribution in [1.82, 2.24) is 0 Å². The molecule has 0 heterocycles. The van der Waals surface area contributed by atoms with Gasteiger partial charge in [0.05, 0.1) is 10.6 Å². The summed E-state index contributed by atoms with van der Waals surface area (Å²) in [5, 5.41) is 20.6. The average Bonchev–Trinajstić information content (AvgIpc) is 2.62. The highest BCUT2D eigenvalue weighted by atomic mass is 32.2. The summed E-state index contributed by atoms with van der Waals surface area (Å²) in [6.07, 6.45) is 1.25. The molecule has 8 heteroatoms. The second-order valence-corrected chi connectivity index (χ2v) is 9.47. The summed E-state index contributed by atoms with van der Waals surface area (Å²) >= 11 is 1.30. The summed E-state index contributed by atoms with van der Waals surface area (Å²) in [6.45, 7) is 6.34. The molecule has 144 valence electrons. The van der Waals surface area contributed by atoms with Crippen LogP contribution < -0.4 is 5.32 Å². The smallest absolute Gasteiger partial charge is 0.294 e. The van der Waals surface area contributed by atoms with Gasteiger partial charge in [-0.3, -0.25) is 4.55 Å². The zero-order chi connectivity index (χ0) is 20.9. The minimum Gasteiger partial charge on any atom is -0.359 e. The van der Waals surface area contributed by atoms with Crippen molar-refractivity contribution in [1.29, 1.82) is 10.5 Å². The maximum atomic E-state index is 11.5. The Bertz CT molecular complexity index is 1070. The molecular weight excluding hydrogens is 394 g/mol. The van der Waals surface area contributed by atoms with Crippen molar-refractivity contribution in [3.8, 4) is 12.1 Å². The molecule has 2 aromatic carbocycles. The molecule has 0 amide bonds. The van der Waals surface area contributed by atoms with Crippen molar-refractivity contribution in [2.75, 3.05) is 5.32 Å². The molecule has 0 bridgehead atoms. The molecule has 0 aromatic heterocycles. The van der Waals surface area contributed by atoms with Crippen molar-refractivity contribution in [2.24, 2.45) is 0 Å². The molecule has 6 nitrogen and oxygen atoms in total. The van der Waals surface area contributed by atoms with Gasteiger partial charge in [0.2, 0.25) is 0 Å². The van der Waals surface area contributed by atoms with Crippen LogP contribution in [0, 0.1) is 22.7 Å². The van der Waals surface area contributed by atoms with E-state index in [0.717, 1.165) is 10.5 Å². The average molecular weight is 414 g/mol. The molecule has 2 aromatic rings. The van der Waals surface area contributed by atoms with Crippen LogP contribution in [0.3, 0.4) is 0 Å². The first-order valence-corrected chi connectivity index (χ1v) is 10.5. The highest BCUT2D eigenvalue weighted by molar-refractivity contribution is 7.99. The minimum absolute atomic E-state index is 0.0105. The number of anilines is 1. The van der Waals surface area contributed by atoms with Gasteiger partial charge in [-0.15, -0.1) is 0 Å². The minimum atomic E-state index is -4.36. The van der Waals surface area contributed by atoms with E-state index in [4.69, 9.17) is 10.5 Å². The van der Waals surface area contributed by atoms with Crippen LogP contribution >= 0.6 is 11.8 Å². The second kappa shape index (κ2) is 8.49. The Hall–Kier alpha value is -2.78. The Morgan fingerprint density at radius 1 is 1.11 bits per heavy atom. The van der Waals surface area contributed by atoms with E-state index < -0.39 is 10.1 Å². The summed E-state index contributed by atoms with van der Waals surface area (Å²) in [4.78, 5) is 1.15. The Morgan fingerprint density at radius 2 is 1.71 bits per heavy atom. The molecule has 0 aliphatic rings. The van der Waals surface area contributed by atoms with E-state index in [1.165, 1.54) is 36.2 Å². The van der Waals surface area contributed by atoms with Gasteiger partial charge in [-0.25, -0.2) is 0 Å². The first kappa shape index (κ1) is 21.5. The maximum Gasteiger partial charge on any atom is 0.294 e. The highest BCUT2D eigenvalue weighted by Gasteiger charge is 2.15. The van der Waals surface area contributed by atoms with E-state index in [1.54, 1.807) is 12.1 Å². The van der Waals surface area contributed by atoms with Gasteiger partial charge in [0.15, 0.2) is 0 Å². The number of hydrogen-bond acceptors (Lipinski definition) is 6. The Balaban J connectivity index is 2.43. The van der Waals surface area contributed by atoms with Crippen molar-refractivity contribution < 1.29 is 13.0 Å². The molecule has 0 unspecified atom stereocenters. The molecular formula is C20H19N3O3S2. The lowest BCUT2D eigenvalue weighted by molar-refractivity contribution is 0.483. The fourth-order valence-electron chi connectivity index (χ4n) is 2.26. The number of benzene rings is 2. The lowest BCUT2D eigenvalue weighted by Gasteiger charge is -2.19. The second-order valence-electron chi connectivity index (χ2n) is 6.94. The van der Waals surface area contributed by atoms with Gasteiger partial charge < -0.3 is 5.32 Å². The van der Waals surface area contributed by atoms with Gasteiger partial charge in [0, 0.05) is 16.0 Å². The topological polar surface area (TPSA) is 114 Å². The molecule has 0 spiro atoms. The normalized spacial score (nSPS) is 11.2. The number of nitrogens with zero attached hydrogens (tertiary/aromatic N) is 2. The maximum absolute atomic E-state index is 11.5. The van der Waals surface area contributed by atoms with Crippen LogP contribution in [0.2, 0.25) is 0 Å². The molecule has 0 fully saturated rings. The van der Waals surface area contributed by atoms with Gasteiger partial charge in [0.25, 0.3) is 10.1 Å². The first-order chi connectivity index (χ1) is 13.0. The van der Waals surface area contributed by atoms with Crippen LogP contribution in [-0.2, 0) is 15.5 Å². The Morgan fingerprint density at radius 3 is 2.21 bits per heavy atom. The summed E-state index contributed by atoms with van der Waals surface area (Å²) in [5.41, 5.74) is 1.55. The van der Waals surface area contributed by atoms with Crippen molar-refractivity contribution in [2.45, 2.75) is 40.9 Å². The number of nitriles is 2. The third kappa shape index (κ3) is 5.61. The largest absolute Gasteiger partial charge is 0.359 e. The number of allylic oxidation sites excluding steroid dienone is 1. The van der Waals surface area contributed by atoms with Gasteiger partial charge in [-0.1, -0.05) is 44.7 Å². The molecule has 0 aliphatic carbocycles. The zero-order valence-electron chi connectivity index (χ0n) is 15.6. The van der Waals surface area contributed by atoms with Crippen LogP contribution in [0.5, 0.6) is 0 Å². The van der Waals surface area contributed by atoms with Gasteiger partial charge in [-0.05, 0) is 41.3 Å². The molecule has 0 saturated carbocycles. The van der Waals surface area contributed by atoms with E-state index in [0.29, 0.717) is 10.6 Å². The fraction of sp³-hybridized carbons (Fsp3) is 0.200. The van der Waals surface area contributed by atoms with Crippen molar-refractivity contribution in [3.05, 3.63) is 59.8 Å². The lowest BCUT2D eigenvalue weighted by atomic mass is 9.87. The first-order valence-electron chi connectivity index (χ1n) is 8.21. The van der Waals surface area contributed by atoms with Crippen LogP contribution in [0.1, 0.15) is 26.3 Å². The van der Waals surface area contributed by atoms with Gasteiger partial charge >= 0.3 is 0 Å². The van der Waals surface area contributed by atoms with Gasteiger partial charge in [-0.2, -0.15) is 18.9 Å².